The lowest BCUT2D eigenvalue weighted by Gasteiger charge is -2.05. The Morgan fingerprint density at radius 3 is 2.68 bits per heavy atom. The van der Waals surface area contributed by atoms with E-state index in [4.69, 9.17) is 0 Å². The van der Waals surface area contributed by atoms with Crippen molar-refractivity contribution >= 4 is 15.9 Å². The Morgan fingerprint density at radius 2 is 1.96 bits per heavy atom. The molecule has 0 saturated carbocycles. The second-order valence-corrected chi connectivity index (χ2v) is 7.02. The van der Waals surface area contributed by atoms with Gasteiger partial charge in [0, 0.05) is 11.8 Å². The van der Waals surface area contributed by atoms with Gasteiger partial charge >= 0.3 is 0 Å². The number of hydrogen-bond donors (Lipinski definition) is 1. The molecule has 0 unspecified atom stereocenters. The number of nitrogens with one attached hydrogen (secondary N) is 1. The summed E-state index contributed by atoms with van der Waals surface area (Å²) in [6.45, 7) is 1.45. The number of aromatic nitrogens is 5. The molecule has 3 aromatic heterocycles. The molecule has 0 aromatic carbocycles. The van der Waals surface area contributed by atoms with Crippen molar-refractivity contribution in [1.29, 1.82) is 0 Å². The van der Waals surface area contributed by atoms with Crippen LogP contribution >= 0.6 is 0 Å². The number of carbonyl (C=O) groups excluding carboxylic acids is 1. The molecular formula is C15H14N6O3S. The Bertz CT molecular complexity index is 1000. The minimum absolute atomic E-state index is 0.00493. The highest BCUT2D eigenvalue weighted by Gasteiger charge is 2.16. The van der Waals surface area contributed by atoms with E-state index in [0.29, 0.717) is 16.9 Å². The molecule has 0 spiro atoms. The van der Waals surface area contributed by atoms with E-state index in [1.807, 2.05) is 4.72 Å². The average molecular weight is 358 g/mol. The van der Waals surface area contributed by atoms with Crippen molar-refractivity contribution in [3.05, 3.63) is 55.0 Å². The van der Waals surface area contributed by atoms with Crippen LogP contribution in [-0.2, 0) is 10.0 Å². The number of nitrogens with zero attached hydrogens (tertiary/aromatic N) is 5. The minimum atomic E-state index is -3.65. The number of amides is 1. The van der Waals surface area contributed by atoms with Gasteiger partial charge in [0.05, 0.1) is 30.0 Å². The van der Waals surface area contributed by atoms with Crippen molar-refractivity contribution in [2.45, 2.75) is 6.92 Å². The van der Waals surface area contributed by atoms with Gasteiger partial charge in [-0.2, -0.15) is 5.10 Å². The SMILES string of the molecule is CCS(=O)(=O)NC(=O)c1cccc(-c2cnn(-c3cncnc3)c2)n1. The van der Waals surface area contributed by atoms with Crippen LogP contribution in [0, 0.1) is 0 Å². The standard InChI is InChI=1S/C15H14N6O3S/c1-2-25(23,24)20-15(22)14-5-3-4-13(19-14)11-6-18-21(9-11)12-7-16-10-17-8-12/h3-10H,2H2,1H3,(H,20,22). The molecular weight excluding hydrogens is 344 g/mol. The molecule has 3 rings (SSSR count). The van der Waals surface area contributed by atoms with E-state index in [0.717, 1.165) is 0 Å². The predicted molar refractivity (Wildman–Crippen MR) is 89.3 cm³/mol. The summed E-state index contributed by atoms with van der Waals surface area (Å²) in [5.41, 5.74) is 1.84. The highest BCUT2D eigenvalue weighted by Crippen LogP contribution is 2.18. The van der Waals surface area contributed by atoms with E-state index in [1.54, 1.807) is 41.6 Å². The zero-order chi connectivity index (χ0) is 17.9. The van der Waals surface area contributed by atoms with E-state index in [1.165, 1.54) is 19.3 Å². The molecule has 1 amide bonds. The average Bonchev–Trinajstić information content (AvgIpc) is 3.12. The number of rotatable bonds is 5. The van der Waals surface area contributed by atoms with E-state index in [2.05, 4.69) is 20.1 Å². The van der Waals surface area contributed by atoms with Gasteiger partial charge in [-0.05, 0) is 19.1 Å². The Labute approximate surface area is 143 Å². The van der Waals surface area contributed by atoms with Gasteiger partial charge in [0.1, 0.15) is 17.7 Å². The smallest absolute Gasteiger partial charge is 0.266 e. The lowest BCUT2D eigenvalue weighted by molar-refractivity contribution is 0.0976. The fourth-order valence-corrected chi connectivity index (χ4v) is 2.52. The maximum absolute atomic E-state index is 12.0. The minimum Gasteiger partial charge on any atom is -0.266 e. The first-order valence-corrected chi connectivity index (χ1v) is 8.96. The molecule has 9 nitrogen and oxygen atoms in total. The summed E-state index contributed by atoms with van der Waals surface area (Å²) >= 11 is 0. The van der Waals surface area contributed by atoms with Crippen molar-refractivity contribution in [1.82, 2.24) is 29.5 Å². The van der Waals surface area contributed by atoms with Gasteiger partial charge in [-0.25, -0.2) is 32.8 Å². The van der Waals surface area contributed by atoms with Crippen molar-refractivity contribution in [3.63, 3.8) is 0 Å². The molecule has 3 heterocycles. The topological polar surface area (TPSA) is 120 Å². The zero-order valence-corrected chi connectivity index (χ0v) is 14.0. The van der Waals surface area contributed by atoms with E-state index >= 15 is 0 Å². The third kappa shape index (κ3) is 3.86. The molecule has 10 heteroatoms. The number of sulfonamides is 1. The molecule has 0 radical (unpaired) electrons. The number of hydrogen-bond acceptors (Lipinski definition) is 7. The fourth-order valence-electron chi connectivity index (χ4n) is 1.99. The second-order valence-electron chi connectivity index (χ2n) is 5.01. The molecule has 0 saturated heterocycles. The van der Waals surface area contributed by atoms with Crippen LogP contribution < -0.4 is 4.72 Å². The van der Waals surface area contributed by atoms with Crippen LogP contribution in [-0.4, -0.2) is 44.8 Å². The first kappa shape index (κ1) is 16.7. The lowest BCUT2D eigenvalue weighted by Crippen LogP contribution is -2.32. The van der Waals surface area contributed by atoms with Crippen LogP contribution in [0.2, 0.25) is 0 Å². The Kier molecular flexibility index (Phi) is 4.52. The zero-order valence-electron chi connectivity index (χ0n) is 13.2. The van der Waals surface area contributed by atoms with Crippen molar-refractivity contribution in [2.24, 2.45) is 0 Å². The Hall–Kier alpha value is -3.14. The van der Waals surface area contributed by atoms with E-state index < -0.39 is 15.9 Å². The number of pyridine rings is 1. The maximum atomic E-state index is 12.0. The summed E-state index contributed by atoms with van der Waals surface area (Å²) in [5, 5.41) is 4.21. The molecule has 0 fully saturated rings. The van der Waals surface area contributed by atoms with Crippen LogP contribution in [0.25, 0.3) is 16.9 Å². The molecule has 0 bridgehead atoms. The molecule has 128 valence electrons. The first-order chi connectivity index (χ1) is 12.0. The van der Waals surface area contributed by atoms with Crippen molar-refractivity contribution < 1.29 is 13.2 Å². The molecule has 25 heavy (non-hydrogen) atoms. The van der Waals surface area contributed by atoms with Gasteiger partial charge in [-0.1, -0.05) is 6.07 Å². The highest BCUT2D eigenvalue weighted by atomic mass is 32.2. The highest BCUT2D eigenvalue weighted by molar-refractivity contribution is 7.90. The molecule has 3 aromatic rings. The van der Waals surface area contributed by atoms with Gasteiger partial charge in [0.2, 0.25) is 10.0 Å². The van der Waals surface area contributed by atoms with Gasteiger partial charge in [0.25, 0.3) is 5.91 Å². The molecule has 0 aliphatic rings. The fraction of sp³-hybridized carbons (Fsp3) is 0.133. The molecule has 0 aliphatic carbocycles. The van der Waals surface area contributed by atoms with Crippen LogP contribution in [0.5, 0.6) is 0 Å². The summed E-state index contributed by atoms with van der Waals surface area (Å²) in [5.74, 6) is -0.961. The quantitative estimate of drug-likeness (QED) is 0.716. The van der Waals surface area contributed by atoms with Gasteiger partial charge in [0.15, 0.2) is 0 Å². The normalized spacial score (nSPS) is 11.2. The van der Waals surface area contributed by atoms with Gasteiger partial charge in [-0.3, -0.25) is 4.79 Å². The van der Waals surface area contributed by atoms with Gasteiger partial charge in [-0.15, -0.1) is 0 Å². The summed E-state index contributed by atoms with van der Waals surface area (Å²) in [4.78, 5) is 24.1. The molecule has 0 atom stereocenters. The summed E-state index contributed by atoms with van der Waals surface area (Å²) in [6, 6.07) is 4.77. The van der Waals surface area contributed by atoms with Gasteiger partial charge < -0.3 is 0 Å². The van der Waals surface area contributed by atoms with Crippen LogP contribution in [0.15, 0.2) is 49.3 Å². The van der Waals surface area contributed by atoms with Crippen LogP contribution in [0.4, 0.5) is 0 Å². The third-order valence-electron chi connectivity index (χ3n) is 3.30. The molecule has 1 N–H and O–H groups in total. The first-order valence-electron chi connectivity index (χ1n) is 7.31. The summed E-state index contributed by atoms with van der Waals surface area (Å²) in [7, 11) is -3.65. The third-order valence-corrected chi connectivity index (χ3v) is 4.56. The van der Waals surface area contributed by atoms with Crippen molar-refractivity contribution in [2.75, 3.05) is 5.75 Å². The molecule has 0 aliphatic heterocycles. The second kappa shape index (κ2) is 6.77. The Morgan fingerprint density at radius 1 is 1.20 bits per heavy atom. The monoisotopic (exact) mass is 358 g/mol. The largest absolute Gasteiger partial charge is 0.283 e. The van der Waals surface area contributed by atoms with Crippen LogP contribution in [0.1, 0.15) is 17.4 Å². The lowest BCUT2D eigenvalue weighted by atomic mass is 10.2. The maximum Gasteiger partial charge on any atom is 0.283 e. The predicted octanol–water partition coefficient (Wildman–Crippen LogP) is 0.804. The Balaban J connectivity index is 1.87. The summed E-state index contributed by atoms with van der Waals surface area (Å²) in [6.07, 6.45) is 7.93. The van der Waals surface area contributed by atoms with E-state index in [9.17, 15) is 13.2 Å². The number of carbonyl (C=O) groups is 1. The summed E-state index contributed by atoms with van der Waals surface area (Å²) < 4.78 is 26.6. The van der Waals surface area contributed by atoms with E-state index in [-0.39, 0.29) is 11.4 Å². The van der Waals surface area contributed by atoms with Crippen molar-refractivity contribution in [3.8, 4) is 16.9 Å². The van der Waals surface area contributed by atoms with Crippen LogP contribution in [0.3, 0.4) is 0 Å².